The molecule has 1 rings (SSSR count). The van der Waals surface area contributed by atoms with E-state index in [-0.39, 0.29) is 0 Å². The lowest BCUT2D eigenvalue weighted by Crippen LogP contribution is -2.41. The van der Waals surface area contributed by atoms with Crippen LogP contribution in [0.15, 0.2) is 36.4 Å². The third kappa shape index (κ3) is 4.41. The smallest absolute Gasteiger partial charge is 0.328 e. The van der Waals surface area contributed by atoms with Crippen LogP contribution in [0.3, 0.4) is 0 Å². The van der Waals surface area contributed by atoms with E-state index in [0.29, 0.717) is 17.0 Å². The summed E-state index contributed by atoms with van der Waals surface area (Å²) in [6.45, 7) is 5.50. The van der Waals surface area contributed by atoms with E-state index in [1.165, 1.54) is 7.11 Å². The van der Waals surface area contributed by atoms with Crippen LogP contribution in [-0.2, 0) is 9.53 Å². The Hall–Kier alpha value is -1.81. The number of esters is 1. The van der Waals surface area contributed by atoms with E-state index in [0.717, 1.165) is 5.57 Å². The fourth-order valence-electron chi connectivity index (χ4n) is 1.57. The quantitative estimate of drug-likeness (QED) is 0.667. The number of carbonyl (C=O) groups excluding carboxylic acids is 2. The average Bonchev–Trinajstić information content (AvgIpc) is 2.36. The standard InChI is InChI=1S/C14H16ClNO3/c1-9(2)8-12(14(18)19-3)16-13(17)10-6-4-5-7-11(10)15/h4-7,12H,1,8H2,2-3H3,(H,16,17)/t12-/m0/s1. The topological polar surface area (TPSA) is 55.4 Å². The van der Waals surface area contributed by atoms with E-state index in [1.807, 2.05) is 0 Å². The van der Waals surface area contributed by atoms with Crippen LogP contribution in [-0.4, -0.2) is 25.0 Å². The van der Waals surface area contributed by atoms with Gasteiger partial charge in [-0.1, -0.05) is 29.3 Å². The van der Waals surface area contributed by atoms with Crippen molar-refractivity contribution in [3.63, 3.8) is 0 Å². The lowest BCUT2D eigenvalue weighted by atomic mass is 10.1. The molecule has 1 aromatic carbocycles. The van der Waals surface area contributed by atoms with Crippen molar-refractivity contribution in [3.05, 3.63) is 47.0 Å². The highest BCUT2D eigenvalue weighted by Crippen LogP contribution is 2.15. The Morgan fingerprint density at radius 2 is 2.05 bits per heavy atom. The highest BCUT2D eigenvalue weighted by molar-refractivity contribution is 6.33. The zero-order valence-electron chi connectivity index (χ0n) is 10.9. The SMILES string of the molecule is C=C(C)C[C@H](NC(=O)c1ccccc1Cl)C(=O)OC. The third-order valence-corrected chi connectivity index (χ3v) is 2.79. The average molecular weight is 282 g/mol. The summed E-state index contributed by atoms with van der Waals surface area (Å²) in [6, 6.07) is 5.87. The Labute approximate surface area is 117 Å². The molecule has 1 N–H and O–H groups in total. The number of amides is 1. The van der Waals surface area contributed by atoms with Gasteiger partial charge in [0.15, 0.2) is 0 Å². The number of ether oxygens (including phenoxy) is 1. The van der Waals surface area contributed by atoms with Gasteiger partial charge in [-0.25, -0.2) is 4.79 Å². The lowest BCUT2D eigenvalue weighted by molar-refractivity contribution is -0.142. The number of benzene rings is 1. The maximum Gasteiger partial charge on any atom is 0.328 e. The van der Waals surface area contributed by atoms with Gasteiger partial charge in [-0.3, -0.25) is 4.79 Å². The predicted octanol–water partition coefficient (Wildman–Crippen LogP) is 2.58. The second-order valence-corrected chi connectivity index (χ2v) is 4.60. The minimum absolute atomic E-state index is 0.319. The molecule has 4 nitrogen and oxygen atoms in total. The first-order chi connectivity index (χ1) is 8.95. The second-order valence-electron chi connectivity index (χ2n) is 4.19. The molecular weight excluding hydrogens is 266 g/mol. The maximum atomic E-state index is 12.0. The van der Waals surface area contributed by atoms with E-state index in [9.17, 15) is 9.59 Å². The van der Waals surface area contributed by atoms with Gasteiger partial charge in [-0.05, 0) is 25.5 Å². The fraction of sp³-hybridized carbons (Fsp3) is 0.286. The van der Waals surface area contributed by atoms with Crippen LogP contribution in [0.25, 0.3) is 0 Å². The normalized spacial score (nSPS) is 11.5. The molecule has 0 saturated carbocycles. The molecule has 102 valence electrons. The molecule has 1 amide bonds. The first kappa shape index (κ1) is 15.2. The van der Waals surface area contributed by atoms with Crippen molar-refractivity contribution in [2.24, 2.45) is 0 Å². The van der Waals surface area contributed by atoms with Crippen LogP contribution in [0.2, 0.25) is 5.02 Å². The summed E-state index contributed by atoms with van der Waals surface area (Å²) in [5, 5.41) is 2.93. The van der Waals surface area contributed by atoms with Gasteiger partial charge < -0.3 is 10.1 Å². The van der Waals surface area contributed by atoms with Crippen molar-refractivity contribution in [2.75, 3.05) is 7.11 Å². The molecule has 1 atom stereocenters. The fourth-order valence-corrected chi connectivity index (χ4v) is 1.79. The molecule has 0 spiro atoms. The van der Waals surface area contributed by atoms with Crippen LogP contribution < -0.4 is 5.32 Å². The maximum absolute atomic E-state index is 12.0. The van der Waals surface area contributed by atoms with E-state index < -0.39 is 17.9 Å². The van der Waals surface area contributed by atoms with Gasteiger partial charge in [0.05, 0.1) is 17.7 Å². The molecule has 0 aliphatic heterocycles. The first-order valence-corrected chi connectivity index (χ1v) is 6.11. The van der Waals surface area contributed by atoms with E-state index in [1.54, 1.807) is 31.2 Å². The number of halogens is 1. The van der Waals surface area contributed by atoms with Crippen molar-refractivity contribution in [2.45, 2.75) is 19.4 Å². The van der Waals surface area contributed by atoms with Crippen LogP contribution >= 0.6 is 11.6 Å². The molecule has 0 bridgehead atoms. The van der Waals surface area contributed by atoms with E-state index in [2.05, 4.69) is 16.6 Å². The summed E-state index contributed by atoms with van der Waals surface area (Å²) >= 11 is 5.93. The minimum atomic E-state index is -0.758. The van der Waals surface area contributed by atoms with Crippen LogP contribution in [0.1, 0.15) is 23.7 Å². The molecule has 0 aliphatic rings. The molecular formula is C14H16ClNO3. The highest BCUT2D eigenvalue weighted by Gasteiger charge is 2.22. The minimum Gasteiger partial charge on any atom is -0.467 e. The van der Waals surface area contributed by atoms with Crippen molar-refractivity contribution < 1.29 is 14.3 Å². The summed E-state index contributed by atoms with van der Waals surface area (Å²) in [7, 11) is 1.27. The highest BCUT2D eigenvalue weighted by atomic mass is 35.5. The number of rotatable bonds is 5. The number of hydrogen-bond donors (Lipinski definition) is 1. The van der Waals surface area contributed by atoms with Gasteiger partial charge in [0.2, 0.25) is 0 Å². The summed E-state index contributed by atoms with van der Waals surface area (Å²) in [5.41, 5.74) is 1.09. The largest absolute Gasteiger partial charge is 0.467 e. The van der Waals surface area contributed by atoms with Gasteiger partial charge in [0.25, 0.3) is 5.91 Å². The molecule has 0 heterocycles. The van der Waals surface area contributed by atoms with Crippen molar-refractivity contribution in [1.29, 1.82) is 0 Å². The summed E-state index contributed by atoms with van der Waals surface area (Å²) < 4.78 is 4.65. The predicted molar refractivity (Wildman–Crippen MR) is 74.2 cm³/mol. The van der Waals surface area contributed by atoms with Crippen LogP contribution in [0, 0.1) is 0 Å². The Morgan fingerprint density at radius 3 is 2.58 bits per heavy atom. The summed E-state index contributed by atoms with van der Waals surface area (Å²) in [4.78, 5) is 23.6. The van der Waals surface area contributed by atoms with Crippen molar-refractivity contribution >= 4 is 23.5 Å². The third-order valence-electron chi connectivity index (χ3n) is 2.46. The van der Waals surface area contributed by atoms with Crippen molar-refractivity contribution in [1.82, 2.24) is 5.32 Å². The Morgan fingerprint density at radius 1 is 1.42 bits per heavy atom. The summed E-state index contributed by atoms with van der Waals surface area (Å²) in [5.74, 6) is -0.925. The molecule has 0 aromatic heterocycles. The summed E-state index contributed by atoms with van der Waals surface area (Å²) in [6.07, 6.45) is 0.322. The molecule has 0 fully saturated rings. The second kappa shape index (κ2) is 6.95. The number of methoxy groups -OCH3 is 1. The van der Waals surface area contributed by atoms with Gasteiger partial charge in [-0.2, -0.15) is 0 Å². The Bertz CT molecular complexity index is 499. The molecule has 19 heavy (non-hydrogen) atoms. The zero-order valence-corrected chi connectivity index (χ0v) is 11.7. The first-order valence-electron chi connectivity index (χ1n) is 5.73. The molecule has 1 aromatic rings. The van der Waals surface area contributed by atoms with Gasteiger partial charge in [0, 0.05) is 0 Å². The number of hydrogen-bond acceptors (Lipinski definition) is 3. The lowest BCUT2D eigenvalue weighted by Gasteiger charge is -2.16. The van der Waals surface area contributed by atoms with E-state index in [4.69, 9.17) is 11.6 Å². The zero-order chi connectivity index (χ0) is 14.4. The number of nitrogens with one attached hydrogen (secondary N) is 1. The van der Waals surface area contributed by atoms with Gasteiger partial charge >= 0.3 is 5.97 Å². The van der Waals surface area contributed by atoms with Gasteiger partial charge in [0.1, 0.15) is 6.04 Å². The van der Waals surface area contributed by atoms with Gasteiger partial charge in [-0.15, -0.1) is 6.58 Å². The molecule has 0 saturated heterocycles. The van der Waals surface area contributed by atoms with Crippen LogP contribution in [0.5, 0.6) is 0 Å². The monoisotopic (exact) mass is 281 g/mol. The van der Waals surface area contributed by atoms with Crippen LogP contribution in [0.4, 0.5) is 0 Å². The Kier molecular flexibility index (Phi) is 5.57. The molecule has 0 radical (unpaired) electrons. The Balaban J connectivity index is 2.85. The van der Waals surface area contributed by atoms with Crippen molar-refractivity contribution in [3.8, 4) is 0 Å². The molecule has 5 heteroatoms. The molecule has 0 aliphatic carbocycles. The van der Waals surface area contributed by atoms with E-state index >= 15 is 0 Å². The molecule has 0 unspecified atom stereocenters. The number of carbonyl (C=O) groups is 2.